The van der Waals surface area contributed by atoms with Crippen LogP contribution in [0.25, 0.3) is 0 Å². The Labute approximate surface area is 134 Å². The van der Waals surface area contributed by atoms with Crippen molar-refractivity contribution in [3.8, 4) is 0 Å². The molecule has 6 nitrogen and oxygen atoms in total. The third-order valence-electron chi connectivity index (χ3n) is 3.09. The number of allylic oxidation sites excluding steroid dienone is 1. The van der Waals surface area contributed by atoms with Gasteiger partial charge in [0.1, 0.15) is 5.76 Å². The smallest absolute Gasteiger partial charge is 0.337 e. The molecule has 0 aliphatic carbocycles. The summed E-state index contributed by atoms with van der Waals surface area (Å²) in [6.07, 6.45) is 0.174. The molecule has 0 saturated carbocycles. The molecular weight excluding hydrogens is 300 g/mol. The Morgan fingerprint density at radius 2 is 1.70 bits per heavy atom. The zero-order valence-corrected chi connectivity index (χ0v) is 13.6. The van der Waals surface area contributed by atoms with Gasteiger partial charge in [-0.1, -0.05) is 26.0 Å². The first kappa shape index (κ1) is 18.4. The molecule has 1 rings (SSSR count). The average Bonchev–Trinajstić information content (AvgIpc) is 2.49. The van der Waals surface area contributed by atoms with Crippen LogP contribution >= 0.6 is 0 Å². The summed E-state index contributed by atoms with van der Waals surface area (Å²) in [7, 11) is 1.25. The summed E-state index contributed by atoms with van der Waals surface area (Å²) in [4.78, 5) is 34.2. The molecule has 0 aliphatic rings. The zero-order chi connectivity index (χ0) is 17.6. The predicted octanol–water partition coefficient (Wildman–Crippen LogP) is 2.57. The van der Waals surface area contributed by atoms with Gasteiger partial charge in [-0.15, -0.1) is 0 Å². The largest absolute Gasteiger partial charge is 0.478 e. The van der Waals surface area contributed by atoms with E-state index in [1.807, 2.05) is 0 Å². The van der Waals surface area contributed by atoms with Crippen LogP contribution in [0.15, 0.2) is 35.6 Å². The van der Waals surface area contributed by atoms with Gasteiger partial charge in [0, 0.05) is 19.3 Å². The monoisotopic (exact) mass is 320 g/mol. The number of methoxy groups -OCH3 is 1. The molecule has 0 spiro atoms. The van der Waals surface area contributed by atoms with Gasteiger partial charge in [-0.25, -0.2) is 9.59 Å². The second kappa shape index (κ2) is 8.12. The normalized spacial score (nSPS) is 11.7. The number of hydrogen-bond acceptors (Lipinski definition) is 5. The van der Waals surface area contributed by atoms with E-state index in [2.05, 4.69) is 0 Å². The number of carbonyl (C=O) groups is 3. The van der Waals surface area contributed by atoms with E-state index < -0.39 is 17.9 Å². The minimum absolute atomic E-state index is 0.154. The molecule has 0 radical (unpaired) electrons. The highest BCUT2D eigenvalue weighted by Crippen LogP contribution is 2.22. The molecule has 0 aliphatic heterocycles. The van der Waals surface area contributed by atoms with Gasteiger partial charge in [0.2, 0.25) is 0 Å². The van der Waals surface area contributed by atoms with Crippen molar-refractivity contribution in [2.75, 3.05) is 7.11 Å². The number of carboxylic acids is 1. The first-order valence-corrected chi connectivity index (χ1v) is 7.08. The van der Waals surface area contributed by atoms with Crippen molar-refractivity contribution in [2.45, 2.75) is 27.2 Å². The highest BCUT2D eigenvalue weighted by atomic mass is 16.5. The minimum Gasteiger partial charge on any atom is -0.478 e. The molecule has 0 amide bonds. The van der Waals surface area contributed by atoms with E-state index in [4.69, 9.17) is 14.6 Å². The Kier molecular flexibility index (Phi) is 6.50. The number of carboxylic acid groups (broad SMARTS) is 1. The summed E-state index contributed by atoms with van der Waals surface area (Å²) in [6.45, 7) is 4.86. The quantitative estimate of drug-likeness (QED) is 0.492. The highest BCUT2D eigenvalue weighted by molar-refractivity contribution is 5.90. The molecule has 0 saturated heterocycles. The fourth-order valence-corrected chi connectivity index (χ4v) is 2.04. The van der Waals surface area contributed by atoms with Crippen LogP contribution in [0.5, 0.6) is 0 Å². The van der Waals surface area contributed by atoms with Crippen molar-refractivity contribution in [3.63, 3.8) is 0 Å². The third-order valence-corrected chi connectivity index (χ3v) is 3.09. The summed E-state index contributed by atoms with van der Waals surface area (Å²) >= 11 is 0. The van der Waals surface area contributed by atoms with Gasteiger partial charge in [-0.05, 0) is 17.7 Å². The predicted molar refractivity (Wildman–Crippen MR) is 82.8 cm³/mol. The van der Waals surface area contributed by atoms with Crippen LogP contribution in [-0.4, -0.2) is 30.1 Å². The summed E-state index contributed by atoms with van der Waals surface area (Å²) in [5, 5.41) is 8.90. The Balaban J connectivity index is 3.22. The Bertz CT molecular complexity index is 625. The van der Waals surface area contributed by atoms with Crippen LogP contribution in [0.2, 0.25) is 0 Å². The van der Waals surface area contributed by atoms with E-state index in [1.54, 1.807) is 26.0 Å². The second-order valence-electron chi connectivity index (χ2n) is 5.26. The van der Waals surface area contributed by atoms with Gasteiger partial charge >= 0.3 is 17.9 Å². The molecule has 1 aromatic carbocycles. The second-order valence-corrected chi connectivity index (χ2v) is 5.26. The lowest BCUT2D eigenvalue weighted by Crippen LogP contribution is -2.16. The molecule has 0 atom stereocenters. The fraction of sp³-hybridized carbons (Fsp3) is 0.353. The van der Waals surface area contributed by atoms with Crippen LogP contribution in [0, 0.1) is 5.92 Å². The number of rotatable bonds is 6. The summed E-state index contributed by atoms with van der Waals surface area (Å²) < 4.78 is 9.95. The Morgan fingerprint density at radius 1 is 1.13 bits per heavy atom. The van der Waals surface area contributed by atoms with E-state index in [-0.39, 0.29) is 29.2 Å². The van der Waals surface area contributed by atoms with E-state index in [9.17, 15) is 14.4 Å². The topological polar surface area (TPSA) is 89.9 Å². The minimum atomic E-state index is -1.02. The van der Waals surface area contributed by atoms with E-state index in [1.165, 1.54) is 26.2 Å². The molecule has 0 fully saturated rings. The maximum atomic E-state index is 12.1. The van der Waals surface area contributed by atoms with Gasteiger partial charge < -0.3 is 14.6 Å². The number of carbonyl (C=O) groups excluding carboxylic acids is 2. The van der Waals surface area contributed by atoms with Crippen LogP contribution in [0.1, 0.15) is 36.7 Å². The summed E-state index contributed by atoms with van der Waals surface area (Å²) in [5.41, 5.74) is 1.10. The Hall–Kier alpha value is -2.63. The van der Waals surface area contributed by atoms with Crippen molar-refractivity contribution >= 4 is 17.9 Å². The van der Waals surface area contributed by atoms with Crippen molar-refractivity contribution in [1.29, 1.82) is 0 Å². The summed E-state index contributed by atoms with van der Waals surface area (Å²) in [5.74, 6) is -2.06. The molecule has 6 heteroatoms. The molecule has 124 valence electrons. The van der Waals surface area contributed by atoms with Crippen LogP contribution in [0.3, 0.4) is 0 Å². The third kappa shape index (κ3) is 5.25. The highest BCUT2D eigenvalue weighted by Gasteiger charge is 2.22. The number of hydrogen-bond donors (Lipinski definition) is 1. The van der Waals surface area contributed by atoms with Gasteiger partial charge in [0.15, 0.2) is 0 Å². The summed E-state index contributed by atoms with van der Waals surface area (Å²) in [6, 6.07) is 6.12. The lowest BCUT2D eigenvalue weighted by atomic mass is 9.98. The fourth-order valence-electron chi connectivity index (χ4n) is 2.04. The lowest BCUT2D eigenvalue weighted by molar-refractivity contribution is -0.139. The lowest BCUT2D eigenvalue weighted by Gasteiger charge is -2.16. The van der Waals surface area contributed by atoms with E-state index in [0.29, 0.717) is 5.56 Å². The van der Waals surface area contributed by atoms with Crippen molar-refractivity contribution < 1.29 is 29.0 Å². The van der Waals surface area contributed by atoms with Crippen LogP contribution < -0.4 is 0 Å². The number of benzene rings is 1. The molecule has 0 unspecified atom stereocenters. The Morgan fingerprint density at radius 3 is 2.09 bits per heavy atom. The number of ether oxygens (including phenoxy) is 2. The van der Waals surface area contributed by atoms with Crippen molar-refractivity contribution in [1.82, 2.24) is 0 Å². The van der Waals surface area contributed by atoms with Crippen molar-refractivity contribution in [2.24, 2.45) is 5.92 Å². The maximum absolute atomic E-state index is 12.1. The molecule has 23 heavy (non-hydrogen) atoms. The zero-order valence-electron chi connectivity index (χ0n) is 13.6. The van der Waals surface area contributed by atoms with Gasteiger partial charge in [-0.3, -0.25) is 4.79 Å². The first-order chi connectivity index (χ1) is 10.8. The van der Waals surface area contributed by atoms with Gasteiger partial charge in [-0.2, -0.15) is 0 Å². The van der Waals surface area contributed by atoms with Crippen LogP contribution in [0.4, 0.5) is 0 Å². The van der Waals surface area contributed by atoms with Crippen molar-refractivity contribution in [3.05, 3.63) is 46.7 Å². The molecule has 1 aromatic rings. The molecule has 1 N–H and O–H groups in total. The molecule has 0 aromatic heterocycles. The van der Waals surface area contributed by atoms with Gasteiger partial charge in [0.05, 0.1) is 18.2 Å². The first-order valence-electron chi connectivity index (χ1n) is 7.08. The molecular formula is C17H20O6. The SMILES string of the molecule is COC(=O)/C(Cc1ccc(C(=O)O)cc1)=C(\OC(C)=O)C(C)C. The standard InChI is InChI=1S/C17H20O6/c1-10(2)15(23-11(3)18)14(17(21)22-4)9-12-5-7-13(8-6-12)16(19)20/h5-8,10H,9H2,1-4H3,(H,19,20)/b15-14-. The van der Waals surface area contributed by atoms with Crippen LogP contribution in [-0.2, 0) is 25.5 Å². The average molecular weight is 320 g/mol. The number of esters is 2. The molecule has 0 bridgehead atoms. The number of aromatic carboxylic acids is 1. The van der Waals surface area contributed by atoms with Gasteiger partial charge in [0.25, 0.3) is 0 Å². The molecule has 0 heterocycles. The maximum Gasteiger partial charge on any atom is 0.337 e. The van der Waals surface area contributed by atoms with E-state index >= 15 is 0 Å². The van der Waals surface area contributed by atoms with E-state index in [0.717, 1.165) is 0 Å².